The van der Waals surface area contributed by atoms with Crippen LogP contribution in [-0.4, -0.2) is 20.7 Å². The number of nitrogens with one attached hydrogen (secondary N) is 1. The lowest BCUT2D eigenvalue weighted by Gasteiger charge is -2.20. The summed E-state index contributed by atoms with van der Waals surface area (Å²) in [4.78, 5) is 4.25. The van der Waals surface area contributed by atoms with E-state index >= 15 is 0 Å². The molecule has 0 aromatic carbocycles. The zero-order valence-electron chi connectivity index (χ0n) is 13.0. The summed E-state index contributed by atoms with van der Waals surface area (Å²) < 4.78 is 4.45. The molecular weight excluding hydrogens is 248 g/mol. The molecule has 2 heterocycles. The number of aromatic nitrogens is 3. The highest BCUT2D eigenvalue weighted by Crippen LogP contribution is 2.21. The fraction of sp³-hybridized carbons (Fsp3) is 0.562. The summed E-state index contributed by atoms with van der Waals surface area (Å²) in [6.07, 6.45) is 8.33. The van der Waals surface area contributed by atoms with Gasteiger partial charge in [-0.1, -0.05) is 20.8 Å². The van der Waals surface area contributed by atoms with Crippen LogP contribution in [0.3, 0.4) is 0 Å². The van der Waals surface area contributed by atoms with Crippen LogP contribution in [0, 0.1) is 12.8 Å². The number of rotatable bonds is 7. The summed E-state index contributed by atoms with van der Waals surface area (Å²) in [5.74, 6) is 1.67. The lowest BCUT2D eigenvalue weighted by molar-refractivity contribution is 0.421. The minimum absolute atomic E-state index is 0.441. The number of hydrogen-bond acceptors (Lipinski definition) is 2. The topological polar surface area (TPSA) is 34.8 Å². The SMILES string of the molecule is CCNC(c1ccn(CCn2ccnc2C)c1)C(C)C. The van der Waals surface area contributed by atoms with Crippen molar-refractivity contribution >= 4 is 0 Å². The molecule has 20 heavy (non-hydrogen) atoms. The first-order valence-corrected chi connectivity index (χ1v) is 7.48. The van der Waals surface area contributed by atoms with E-state index in [1.165, 1.54) is 5.56 Å². The molecular formula is C16H26N4. The monoisotopic (exact) mass is 274 g/mol. The Bertz CT molecular complexity index is 524. The first-order chi connectivity index (χ1) is 9.61. The van der Waals surface area contributed by atoms with Gasteiger partial charge < -0.3 is 14.5 Å². The second-order valence-electron chi connectivity index (χ2n) is 5.63. The number of imidazole rings is 1. The van der Waals surface area contributed by atoms with Crippen molar-refractivity contribution < 1.29 is 0 Å². The van der Waals surface area contributed by atoms with E-state index in [9.17, 15) is 0 Å². The highest BCUT2D eigenvalue weighted by molar-refractivity contribution is 5.16. The fourth-order valence-corrected chi connectivity index (χ4v) is 2.60. The largest absolute Gasteiger partial charge is 0.352 e. The van der Waals surface area contributed by atoms with Gasteiger partial charge in [0.2, 0.25) is 0 Å². The summed E-state index contributed by atoms with van der Waals surface area (Å²) in [6.45, 7) is 11.7. The minimum Gasteiger partial charge on any atom is -0.352 e. The van der Waals surface area contributed by atoms with Crippen molar-refractivity contribution in [2.75, 3.05) is 6.54 Å². The zero-order valence-corrected chi connectivity index (χ0v) is 13.0. The third-order valence-electron chi connectivity index (χ3n) is 3.75. The predicted molar refractivity (Wildman–Crippen MR) is 82.7 cm³/mol. The van der Waals surface area contributed by atoms with Crippen molar-refractivity contribution in [2.45, 2.75) is 46.8 Å². The van der Waals surface area contributed by atoms with Crippen LogP contribution in [0.15, 0.2) is 30.9 Å². The minimum atomic E-state index is 0.441. The first-order valence-electron chi connectivity index (χ1n) is 7.48. The van der Waals surface area contributed by atoms with Crippen LogP contribution in [0.5, 0.6) is 0 Å². The van der Waals surface area contributed by atoms with Crippen molar-refractivity contribution in [3.63, 3.8) is 0 Å². The molecule has 0 bridgehead atoms. The molecule has 1 N–H and O–H groups in total. The molecule has 1 atom stereocenters. The van der Waals surface area contributed by atoms with Crippen molar-refractivity contribution in [1.82, 2.24) is 19.4 Å². The lowest BCUT2D eigenvalue weighted by Crippen LogP contribution is -2.25. The Morgan fingerprint density at radius 3 is 2.65 bits per heavy atom. The average Bonchev–Trinajstić information content (AvgIpc) is 3.02. The molecule has 0 saturated heterocycles. The Kier molecular flexibility index (Phi) is 5.01. The zero-order chi connectivity index (χ0) is 14.5. The van der Waals surface area contributed by atoms with E-state index in [-0.39, 0.29) is 0 Å². The summed E-state index contributed by atoms with van der Waals surface area (Å²) in [6, 6.07) is 2.67. The van der Waals surface area contributed by atoms with Gasteiger partial charge in [-0.15, -0.1) is 0 Å². The highest BCUT2D eigenvalue weighted by Gasteiger charge is 2.15. The van der Waals surface area contributed by atoms with Crippen LogP contribution >= 0.6 is 0 Å². The molecule has 0 fully saturated rings. The van der Waals surface area contributed by atoms with Crippen LogP contribution < -0.4 is 5.32 Å². The van der Waals surface area contributed by atoms with E-state index in [0.717, 1.165) is 25.5 Å². The van der Waals surface area contributed by atoms with E-state index in [2.05, 4.69) is 58.7 Å². The maximum absolute atomic E-state index is 4.25. The van der Waals surface area contributed by atoms with Gasteiger partial charge in [-0.2, -0.15) is 0 Å². The summed E-state index contributed by atoms with van der Waals surface area (Å²) in [7, 11) is 0. The maximum Gasteiger partial charge on any atom is 0.105 e. The molecule has 0 saturated carbocycles. The molecule has 1 unspecified atom stereocenters. The van der Waals surface area contributed by atoms with Crippen LogP contribution in [0.1, 0.15) is 38.2 Å². The van der Waals surface area contributed by atoms with Crippen molar-refractivity contribution in [1.29, 1.82) is 0 Å². The number of nitrogens with zero attached hydrogens (tertiary/aromatic N) is 3. The first kappa shape index (κ1) is 14.9. The standard InChI is InChI=1S/C16H26N4/c1-5-17-16(13(2)3)15-6-8-19(12-15)10-11-20-9-7-18-14(20)4/h6-9,12-13,16-17H,5,10-11H2,1-4H3. The van der Waals surface area contributed by atoms with E-state index < -0.39 is 0 Å². The second-order valence-corrected chi connectivity index (χ2v) is 5.63. The Hall–Kier alpha value is -1.55. The molecule has 2 aromatic heterocycles. The lowest BCUT2D eigenvalue weighted by atomic mass is 9.98. The van der Waals surface area contributed by atoms with Gasteiger partial charge in [0.05, 0.1) is 0 Å². The molecule has 0 radical (unpaired) electrons. The van der Waals surface area contributed by atoms with Crippen molar-refractivity contribution in [3.8, 4) is 0 Å². The van der Waals surface area contributed by atoms with E-state index in [1.54, 1.807) is 0 Å². The Morgan fingerprint density at radius 1 is 1.25 bits per heavy atom. The third-order valence-corrected chi connectivity index (χ3v) is 3.75. The van der Waals surface area contributed by atoms with Gasteiger partial charge >= 0.3 is 0 Å². The highest BCUT2D eigenvalue weighted by atomic mass is 15.1. The van der Waals surface area contributed by atoms with Gasteiger partial charge in [-0.3, -0.25) is 0 Å². The van der Waals surface area contributed by atoms with Crippen molar-refractivity contribution in [2.24, 2.45) is 5.92 Å². The van der Waals surface area contributed by atoms with Gasteiger partial charge in [0, 0.05) is 43.9 Å². The molecule has 4 heteroatoms. The third kappa shape index (κ3) is 3.51. The number of hydrogen-bond donors (Lipinski definition) is 1. The summed E-state index contributed by atoms with van der Waals surface area (Å²) in [5.41, 5.74) is 1.38. The fourth-order valence-electron chi connectivity index (χ4n) is 2.60. The molecule has 0 aliphatic heterocycles. The van der Waals surface area contributed by atoms with Crippen molar-refractivity contribution in [3.05, 3.63) is 42.2 Å². The van der Waals surface area contributed by atoms with Crippen LogP contribution in [0.4, 0.5) is 0 Å². The van der Waals surface area contributed by atoms with Crippen LogP contribution in [-0.2, 0) is 13.1 Å². The smallest absolute Gasteiger partial charge is 0.105 e. The van der Waals surface area contributed by atoms with Gasteiger partial charge in [-0.25, -0.2) is 4.98 Å². The molecule has 4 nitrogen and oxygen atoms in total. The molecule has 0 aliphatic rings. The van der Waals surface area contributed by atoms with Gasteiger partial charge in [0.15, 0.2) is 0 Å². The Morgan fingerprint density at radius 2 is 2.05 bits per heavy atom. The summed E-state index contributed by atoms with van der Waals surface area (Å²) in [5, 5.41) is 3.56. The summed E-state index contributed by atoms with van der Waals surface area (Å²) >= 11 is 0. The molecule has 2 rings (SSSR count). The molecule has 0 amide bonds. The van der Waals surface area contributed by atoms with E-state index in [4.69, 9.17) is 0 Å². The number of aryl methyl sites for hydroxylation is 3. The average molecular weight is 274 g/mol. The normalized spacial score (nSPS) is 13.1. The molecule has 110 valence electrons. The van der Waals surface area contributed by atoms with Crippen LogP contribution in [0.25, 0.3) is 0 Å². The van der Waals surface area contributed by atoms with Gasteiger partial charge in [0.1, 0.15) is 5.82 Å². The van der Waals surface area contributed by atoms with Gasteiger partial charge in [0.25, 0.3) is 0 Å². The van der Waals surface area contributed by atoms with Crippen LogP contribution in [0.2, 0.25) is 0 Å². The maximum atomic E-state index is 4.25. The molecule has 2 aromatic rings. The quantitative estimate of drug-likeness (QED) is 0.842. The Balaban J connectivity index is 1.99. The Labute approximate surface area is 121 Å². The molecule has 0 aliphatic carbocycles. The predicted octanol–water partition coefficient (Wildman–Crippen LogP) is 3.00. The van der Waals surface area contributed by atoms with Gasteiger partial charge in [-0.05, 0) is 31.0 Å². The van der Waals surface area contributed by atoms with E-state index in [0.29, 0.717) is 12.0 Å². The second kappa shape index (κ2) is 6.75. The molecule has 0 spiro atoms. The van der Waals surface area contributed by atoms with E-state index in [1.807, 2.05) is 19.3 Å².